The Morgan fingerprint density at radius 1 is 1.05 bits per heavy atom. The highest BCUT2D eigenvalue weighted by atomic mass is 32.1. The van der Waals surface area contributed by atoms with Gasteiger partial charge in [-0.25, -0.2) is 4.79 Å². The summed E-state index contributed by atoms with van der Waals surface area (Å²) >= 11 is 0.847. The third-order valence-electron chi connectivity index (χ3n) is 6.83. The zero-order valence-corrected chi connectivity index (χ0v) is 24.3. The first-order chi connectivity index (χ1) is 20.7. The fraction of sp³-hybridized carbons (Fsp3) is 0.290. The molecule has 2 unspecified atom stereocenters. The van der Waals surface area contributed by atoms with Crippen molar-refractivity contribution in [2.45, 2.75) is 45.2 Å². The fourth-order valence-corrected chi connectivity index (χ4v) is 6.19. The molecule has 0 aliphatic carbocycles. The number of hydrogen-bond acceptors (Lipinski definition) is 10. The molecule has 11 nitrogen and oxygen atoms in total. The van der Waals surface area contributed by atoms with Gasteiger partial charge in [-0.2, -0.15) is 10.5 Å². The van der Waals surface area contributed by atoms with Crippen LogP contribution >= 0.6 is 11.3 Å². The van der Waals surface area contributed by atoms with Crippen molar-refractivity contribution < 1.29 is 29.0 Å². The third kappa shape index (κ3) is 6.50. The molecule has 0 saturated heterocycles. The lowest BCUT2D eigenvalue weighted by atomic mass is 9.89. The largest absolute Gasteiger partial charge is 0.480 e. The molecule has 0 saturated carbocycles. The van der Waals surface area contributed by atoms with Crippen LogP contribution < -0.4 is 19.7 Å². The second kappa shape index (κ2) is 13.6. The molecule has 1 N–H and O–H groups in total. The molecule has 2 aromatic carbocycles. The van der Waals surface area contributed by atoms with Crippen molar-refractivity contribution in [1.82, 2.24) is 4.57 Å². The molecule has 0 amide bonds. The summed E-state index contributed by atoms with van der Waals surface area (Å²) in [5.74, 6) is -2.60. The number of carbonyl (C=O) groups excluding carboxylic acids is 2. The molecule has 2 heterocycles. The number of carbonyl (C=O) groups is 3. The van der Waals surface area contributed by atoms with Gasteiger partial charge in [0.1, 0.15) is 29.4 Å². The lowest BCUT2D eigenvalue weighted by molar-refractivity contribution is -0.146. The smallest absolute Gasteiger partial charge is 0.329 e. The number of carboxylic acids is 1. The Balaban J connectivity index is 1.91. The highest BCUT2D eigenvalue weighted by Gasteiger charge is 2.44. The summed E-state index contributed by atoms with van der Waals surface area (Å²) in [4.78, 5) is 52.2. The van der Waals surface area contributed by atoms with Gasteiger partial charge in [0.15, 0.2) is 5.57 Å². The minimum atomic E-state index is -1.30. The molecule has 0 bridgehead atoms. The number of carboxylic acid groups (broad SMARTS) is 1. The number of benzene rings is 2. The predicted octanol–water partition coefficient (Wildman–Crippen LogP) is 2.53. The van der Waals surface area contributed by atoms with Crippen LogP contribution in [0.5, 0.6) is 0 Å². The van der Waals surface area contributed by atoms with E-state index in [1.54, 1.807) is 38.1 Å². The summed E-state index contributed by atoms with van der Waals surface area (Å²) in [5, 5.41) is 28.0. The molecule has 220 valence electrons. The molecule has 0 radical (unpaired) electrons. The Morgan fingerprint density at radius 3 is 2.37 bits per heavy atom. The van der Waals surface area contributed by atoms with Crippen molar-refractivity contribution >= 4 is 52.3 Å². The molecule has 12 heteroatoms. The van der Waals surface area contributed by atoms with E-state index in [0.29, 0.717) is 12.0 Å². The van der Waals surface area contributed by atoms with Crippen LogP contribution in [0.25, 0.3) is 11.6 Å². The summed E-state index contributed by atoms with van der Waals surface area (Å²) in [5.41, 5.74) is 1.79. The van der Waals surface area contributed by atoms with E-state index >= 15 is 0 Å². The summed E-state index contributed by atoms with van der Waals surface area (Å²) in [6.07, 6.45) is 1.91. The Bertz CT molecular complexity index is 1800. The number of aromatic nitrogens is 1. The van der Waals surface area contributed by atoms with Gasteiger partial charge in [-0.05, 0) is 61.7 Å². The van der Waals surface area contributed by atoms with Crippen molar-refractivity contribution in [2.24, 2.45) is 0 Å². The van der Waals surface area contributed by atoms with Gasteiger partial charge in [0.05, 0.1) is 17.7 Å². The molecule has 43 heavy (non-hydrogen) atoms. The van der Waals surface area contributed by atoms with Gasteiger partial charge in [-0.15, -0.1) is 11.3 Å². The van der Waals surface area contributed by atoms with Crippen molar-refractivity contribution in [2.75, 3.05) is 18.1 Å². The van der Waals surface area contributed by atoms with E-state index in [1.807, 2.05) is 47.4 Å². The average Bonchev–Trinajstić information content (AvgIpc) is 3.47. The van der Waals surface area contributed by atoms with Gasteiger partial charge in [-0.1, -0.05) is 24.3 Å². The predicted molar refractivity (Wildman–Crippen MR) is 158 cm³/mol. The number of aliphatic carboxylic acids is 1. The number of para-hydroxylation sites is 1. The lowest BCUT2D eigenvalue weighted by Gasteiger charge is -2.28. The fourth-order valence-electron chi connectivity index (χ4n) is 5.14. The monoisotopic (exact) mass is 600 g/mol. The molecule has 0 fully saturated rings. The van der Waals surface area contributed by atoms with Crippen LogP contribution in [0.1, 0.15) is 43.7 Å². The molecular formula is C31H28N4O7S. The van der Waals surface area contributed by atoms with Gasteiger partial charge in [0, 0.05) is 23.7 Å². The van der Waals surface area contributed by atoms with Crippen LogP contribution in [-0.2, 0) is 30.4 Å². The van der Waals surface area contributed by atoms with Gasteiger partial charge in [0.2, 0.25) is 0 Å². The van der Waals surface area contributed by atoms with Crippen molar-refractivity contribution in [3.05, 3.63) is 79.2 Å². The summed E-state index contributed by atoms with van der Waals surface area (Å²) in [7, 11) is 0. The summed E-state index contributed by atoms with van der Waals surface area (Å²) < 4.78 is 11.6. The summed E-state index contributed by atoms with van der Waals surface area (Å²) in [6.45, 7) is 3.14. The van der Waals surface area contributed by atoms with Crippen LogP contribution in [0.15, 0.2) is 53.3 Å². The Morgan fingerprint density at radius 2 is 1.74 bits per heavy atom. The molecule has 1 aliphatic rings. The standard InChI is InChI=1S/C31H28N4O7S/c1-3-41-27(38)13-11-22-23-14-19(15-25-29(39)34(18-26(36)37)30(43-25)20(16-32)17-33)10-12-24(23)35(21-8-6-5-7-9-21)28(22)31(40)42-4-2/h5-10,12,14-15,22,28H,3-4,11,13,18H2,1-2H3,(H,36,37)/b25-15+. The summed E-state index contributed by atoms with van der Waals surface area (Å²) in [6, 6.07) is 17.4. The molecule has 4 rings (SSSR count). The van der Waals surface area contributed by atoms with Crippen LogP contribution in [0, 0.1) is 22.7 Å². The Kier molecular flexibility index (Phi) is 9.76. The van der Waals surface area contributed by atoms with Gasteiger partial charge < -0.3 is 19.5 Å². The van der Waals surface area contributed by atoms with E-state index in [4.69, 9.17) is 9.47 Å². The van der Waals surface area contributed by atoms with Gasteiger partial charge in [0.25, 0.3) is 5.56 Å². The molecule has 3 aromatic rings. The minimum absolute atomic E-state index is 0.0465. The average molecular weight is 601 g/mol. The van der Waals surface area contributed by atoms with E-state index in [-0.39, 0.29) is 40.4 Å². The number of anilines is 2. The van der Waals surface area contributed by atoms with Crippen molar-refractivity contribution in [3.63, 3.8) is 0 Å². The molecule has 1 aliphatic heterocycles. The highest BCUT2D eigenvalue weighted by molar-refractivity contribution is 7.07. The second-order valence-electron chi connectivity index (χ2n) is 9.47. The zero-order valence-electron chi connectivity index (χ0n) is 23.5. The molecular weight excluding hydrogens is 572 g/mol. The van der Waals surface area contributed by atoms with E-state index in [2.05, 4.69) is 0 Å². The van der Waals surface area contributed by atoms with E-state index < -0.39 is 36.0 Å². The maximum atomic E-state index is 13.4. The van der Waals surface area contributed by atoms with Crippen molar-refractivity contribution in [1.29, 1.82) is 10.5 Å². The Labute approximate surface area is 250 Å². The number of ether oxygens (including phenoxy) is 2. The van der Waals surface area contributed by atoms with Gasteiger partial charge >= 0.3 is 17.9 Å². The van der Waals surface area contributed by atoms with Crippen LogP contribution in [0.3, 0.4) is 0 Å². The van der Waals surface area contributed by atoms with Crippen molar-refractivity contribution in [3.8, 4) is 12.1 Å². The third-order valence-corrected chi connectivity index (χ3v) is 7.96. The molecule has 1 aromatic heterocycles. The quantitative estimate of drug-likeness (QED) is 0.342. The first-order valence-electron chi connectivity index (χ1n) is 13.5. The number of nitrogens with zero attached hydrogens (tertiary/aromatic N) is 4. The van der Waals surface area contributed by atoms with E-state index in [9.17, 15) is 34.8 Å². The number of hydrogen-bond donors (Lipinski definition) is 1. The number of esters is 2. The maximum absolute atomic E-state index is 13.4. The topological polar surface area (TPSA) is 163 Å². The number of fused-ring (bicyclic) bond motifs is 1. The SMILES string of the molecule is CCOC(=O)CCC1c2cc(/C=c3/sc(=C(C#N)C#N)n(CC(=O)O)c3=O)ccc2N(c2ccccc2)C1C(=O)OCC. The Hall–Kier alpha value is -5.20. The second-order valence-corrected chi connectivity index (χ2v) is 10.5. The lowest BCUT2D eigenvalue weighted by Crippen LogP contribution is -2.39. The van der Waals surface area contributed by atoms with E-state index in [1.165, 1.54) is 0 Å². The number of thiazole rings is 1. The minimum Gasteiger partial charge on any atom is -0.480 e. The molecule has 0 spiro atoms. The normalized spacial score (nSPS) is 15.7. The van der Waals surface area contributed by atoms with Crippen LogP contribution in [0.4, 0.5) is 11.4 Å². The molecule has 2 atom stereocenters. The zero-order chi connectivity index (χ0) is 31.1. The van der Waals surface area contributed by atoms with Gasteiger partial charge in [-0.3, -0.25) is 19.0 Å². The van der Waals surface area contributed by atoms with Crippen LogP contribution in [0.2, 0.25) is 0 Å². The number of nitriles is 2. The maximum Gasteiger partial charge on any atom is 0.329 e. The van der Waals surface area contributed by atoms with E-state index in [0.717, 1.165) is 32.8 Å². The highest BCUT2D eigenvalue weighted by Crippen LogP contribution is 2.48. The van der Waals surface area contributed by atoms with Crippen LogP contribution in [-0.4, -0.2) is 46.8 Å². The first-order valence-corrected chi connectivity index (χ1v) is 14.3. The first kappa shape index (κ1) is 30.8. The number of rotatable bonds is 10.